The summed E-state index contributed by atoms with van der Waals surface area (Å²) in [7, 11) is 1.86. The Hall–Kier alpha value is -1.59. The Kier molecular flexibility index (Phi) is 7.26. The number of carbonyl (C=O) groups excluding carboxylic acids is 2. The zero-order chi connectivity index (χ0) is 18.4. The van der Waals surface area contributed by atoms with Crippen LogP contribution < -0.4 is 15.5 Å². The van der Waals surface area contributed by atoms with Gasteiger partial charge in [-0.15, -0.1) is 0 Å². The van der Waals surface area contributed by atoms with E-state index in [0.29, 0.717) is 16.6 Å². The molecule has 0 bridgehead atoms. The molecule has 1 aliphatic rings. The van der Waals surface area contributed by atoms with Gasteiger partial charge in [-0.1, -0.05) is 43.5 Å². The Labute approximate surface area is 155 Å². The first-order valence-corrected chi connectivity index (χ1v) is 9.43. The minimum atomic E-state index is -0.286. The Balaban J connectivity index is 1.84. The molecule has 2 rings (SSSR count). The molecule has 1 unspecified atom stereocenters. The van der Waals surface area contributed by atoms with Crippen molar-refractivity contribution < 1.29 is 14.5 Å². The summed E-state index contributed by atoms with van der Waals surface area (Å²) in [5.74, 6) is 0.381. The van der Waals surface area contributed by atoms with Crippen molar-refractivity contribution in [3.05, 3.63) is 29.3 Å². The van der Waals surface area contributed by atoms with Gasteiger partial charge in [-0.3, -0.25) is 9.59 Å². The Morgan fingerprint density at radius 2 is 1.96 bits per heavy atom. The number of halogens is 1. The normalized spacial score (nSPS) is 22.7. The van der Waals surface area contributed by atoms with Crippen molar-refractivity contribution >= 4 is 29.1 Å². The Morgan fingerprint density at radius 3 is 2.64 bits per heavy atom. The summed E-state index contributed by atoms with van der Waals surface area (Å²) < 4.78 is 0. The first kappa shape index (κ1) is 19.7. The van der Waals surface area contributed by atoms with E-state index in [1.54, 1.807) is 12.1 Å². The van der Waals surface area contributed by atoms with Gasteiger partial charge in [0, 0.05) is 6.04 Å². The van der Waals surface area contributed by atoms with Crippen LogP contribution in [0.5, 0.6) is 0 Å². The van der Waals surface area contributed by atoms with Crippen molar-refractivity contribution in [1.82, 2.24) is 5.32 Å². The highest BCUT2D eigenvalue weighted by atomic mass is 35.5. The van der Waals surface area contributed by atoms with Crippen LogP contribution in [0.1, 0.15) is 39.5 Å². The summed E-state index contributed by atoms with van der Waals surface area (Å²) in [5.41, 5.74) is 0.593. The number of para-hydroxylation sites is 1. The number of benzene rings is 1. The van der Waals surface area contributed by atoms with Gasteiger partial charge in [-0.2, -0.15) is 0 Å². The van der Waals surface area contributed by atoms with Gasteiger partial charge in [-0.25, -0.2) is 0 Å². The highest BCUT2D eigenvalue weighted by Gasteiger charge is 2.29. The van der Waals surface area contributed by atoms with Crippen molar-refractivity contribution in [3.8, 4) is 0 Å². The van der Waals surface area contributed by atoms with Crippen LogP contribution in [0.4, 0.5) is 5.69 Å². The smallest absolute Gasteiger partial charge is 0.279 e. The third-order valence-electron chi connectivity index (χ3n) is 5.16. The molecule has 5 nitrogen and oxygen atoms in total. The van der Waals surface area contributed by atoms with E-state index in [2.05, 4.69) is 17.6 Å². The molecule has 6 heteroatoms. The zero-order valence-corrected chi connectivity index (χ0v) is 16.0. The summed E-state index contributed by atoms with van der Waals surface area (Å²) >= 11 is 6.05. The van der Waals surface area contributed by atoms with E-state index in [4.69, 9.17) is 11.6 Å². The number of anilines is 1. The Morgan fingerprint density at radius 1 is 1.28 bits per heavy atom. The lowest BCUT2D eigenvalue weighted by Gasteiger charge is -2.31. The summed E-state index contributed by atoms with van der Waals surface area (Å²) in [6.07, 6.45) is 4.64. The van der Waals surface area contributed by atoms with E-state index in [0.717, 1.165) is 11.3 Å². The van der Waals surface area contributed by atoms with Gasteiger partial charge >= 0.3 is 0 Å². The third-order valence-corrected chi connectivity index (χ3v) is 5.49. The second-order valence-corrected chi connectivity index (χ2v) is 7.56. The van der Waals surface area contributed by atoms with Crippen LogP contribution in [0.15, 0.2) is 24.3 Å². The number of likely N-dealkylation sites (N-methyl/N-ethyl adjacent to an activating group) is 1. The SMILES string of the molecule is C[C@H](C(=O)N[C@H]1CCCC[C@@H]1C)[NH+](C)CC(=O)Nc1ccccc1Cl. The number of rotatable bonds is 6. The van der Waals surface area contributed by atoms with E-state index in [9.17, 15) is 9.59 Å². The van der Waals surface area contributed by atoms with E-state index < -0.39 is 0 Å². The Bertz CT molecular complexity index is 608. The van der Waals surface area contributed by atoms with E-state index >= 15 is 0 Å². The molecule has 1 aliphatic carbocycles. The minimum Gasteiger partial charge on any atom is -0.348 e. The number of quaternary nitrogens is 1. The molecule has 0 spiro atoms. The van der Waals surface area contributed by atoms with Crippen LogP contribution in [0.3, 0.4) is 0 Å². The number of amides is 2. The molecule has 1 saturated carbocycles. The quantitative estimate of drug-likeness (QED) is 0.719. The van der Waals surface area contributed by atoms with Gasteiger partial charge in [0.1, 0.15) is 0 Å². The lowest BCUT2D eigenvalue weighted by atomic mass is 9.86. The molecule has 0 saturated heterocycles. The summed E-state index contributed by atoms with van der Waals surface area (Å²) in [6.45, 7) is 4.27. The molecule has 3 N–H and O–H groups in total. The van der Waals surface area contributed by atoms with Crippen molar-refractivity contribution in [1.29, 1.82) is 0 Å². The topological polar surface area (TPSA) is 62.6 Å². The number of hydrogen-bond acceptors (Lipinski definition) is 2. The maximum absolute atomic E-state index is 12.5. The van der Waals surface area contributed by atoms with Gasteiger partial charge in [0.05, 0.1) is 17.8 Å². The lowest BCUT2D eigenvalue weighted by Crippen LogP contribution is -3.15. The molecule has 0 aromatic heterocycles. The largest absolute Gasteiger partial charge is 0.348 e. The van der Waals surface area contributed by atoms with Crippen LogP contribution in [-0.4, -0.2) is 37.5 Å². The van der Waals surface area contributed by atoms with Crippen molar-refractivity contribution in [2.45, 2.75) is 51.6 Å². The summed E-state index contributed by atoms with van der Waals surface area (Å²) in [4.78, 5) is 25.6. The summed E-state index contributed by atoms with van der Waals surface area (Å²) in [5, 5.41) is 6.47. The van der Waals surface area contributed by atoms with Gasteiger partial charge in [0.2, 0.25) is 0 Å². The van der Waals surface area contributed by atoms with Gasteiger partial charge < -0.3 is 15.5 Å². The maximum atomic E-state index is 12.5. The van der Waals surface area contributed by atoms with Crippen molar-refractivity contribution in [2.75, 3.05) is 18.9 Å². The molecule has 4 atom stereocenters. The van der Waals surface area contributed by atoms with Gasteiger partial charge in [-0.05, 0) is 37.8 Å². The molecule has 1 aromatic carbocycles. The molecule has 1 fully saturated rings. The van der Waals surface area contributed by atoms with E-state index in [1.807, 2.05) is 26.1 Å². The standard InChI is InChI=1S/C19H28ClN3O2/c1-13-8-4-6-10-16(13)22-19(25)14(2)23(3)12-18(24)21-17-11-7-5-9-15(17)20/h5,7,9,11,13-14,16H,4,6,8,10,12H2,1-3H3,(H,21,24)(H,22,25)/p+1/t13-,14+,16-/m0/s1. The molecule has 1 aromatic rings. The second-order valence-electron chi connectivity index (χ2n) is 7.15. The van der Waals surface area contributed by atoms with Crippen molar-refractivity contribution in [3.63, 3.8) is 0 Å². The molecule has 0 aliphatic heterocycles. The molecule has 138 valence electrons. The highest BCUT2D eigenvalue weighted by molar-refractivity contribution is 6.33. The lowest BCUT2D eigenvalue weighted by molar-refractivity contribution is -0.885. The molecular formula is C19H29ClN3O2+. The monoisotopic (exact) mass is 366 g/mol. The number of nitrogens with one attached hydrogen (secondary N) is 3. The average Bonchev–Trinajstić information content (AvgIpc) is 2.58. The van der Waals surface area contributed by atoms with Crippen LogP contribution in [-0.2, 0) is 9.59 Å². The van der Waals surface area contributed by atoms with Crippen LogP contribution in [0.2, 0.25) is 5.02 Å². The number of carbonyl (C=O) groups is 2. The molecule has 2 amide bonds. The average molecular weight is 367 g/mol. The van der Waals surface area contributed by atoms with Gasteiger partial charge in [0.15, 0.2) is 12.6 Å². The molecule has 0 heterocycles. The highest BCUT2D eigenvalue weighted by Crippen LogP contribution is 2.23. The fourth-order valence-electron chi connectivity index (χ4n) is 3.23. The van der Waals surface area contributed by atoms with Crippen LogP contribution in [0.25, 0.3) is 0 Å². The maximum Gasteiger partial charge on any atom is 0.279 e. The van der Waals surface area contributed by atoms with Crippen molar-refractivity contribution in [2.24, 2.45) is 5.92 Å². The molecular weight excluding hydrogens is 338 g/mol. The first-order valence-electron chi connectivity index (χ1n) is 9.05. The first-order chi connectivity index (χ1) is 11.9. The third kappa shape index (κ3) is 5.72. The predicted molar refractivity (Wildman–Crippen MR) is 101 cm³/mol. The predicted octanol–water partition coefficient (Wildman–Crippen LogP) is 1.88. The van der Waals surface area contributed by atoms with E-state index in [-0.39, 0.29) is 30.4 Å². The van der Waals surface area contributed by atoms with Crippen LogP contribution >= 0.6 is 11.6 Å². The van der Waals surface area contributed by atoms with E-state index in [1.165, 1.54) is 19.3 Å². The number of hydrogen-bond donors (Lipinski definition) is 3. The fraction of sp³-hybridized carbons (Fsp3) is 0.579. The fourth-order valence-corrected chi connectivity index (χ4v) is 3.41. The minimum absolute atomic E-state index is 0.0155. The summed E-state index contributed by atoms with van der Waals surface area (Å²) in [6, 6.07) is 7.10. The van der Waals surface area contributed by atoms with Crippen LogP contribution in [0, 0.1) is 5.92 Å². The molecule has 0 radical (unpaired) electrons. The molecule has 25 heavy (non-hydrogen) atoms. The second kappa shape index (κ2) is 9.20. The van der Waals surface area contributed by atoms with Gasteiger partial charge in [0.25, 0.3) is 11.8 Å². The zero-order valence-electron chi connectivity index (χ0n) is 15.3.